The summed E-state index contributed by atoms with van der Waals surface area (Å²) in [6.07, 6.45) is 2.39. The Balaban J connectivity index is 2.17. The quantitative estimate of drug-likeness (QED) is 0.695. The Bertz CT molecular complexity index is 476. The molecule has 0 aromatic heterocycles. The SMILES string of the molecule is CCCc1ccc(C(C)c2ccc(C)cc2)cc1. The maximum absolute atomic E-state index is 2.28. The van der Waals surface area contributed by atoms with Gasteiger partial charge in [-0.05, 0) is 30.0 Å². The molecule has 18 heavy (non-hydrogen) atoms. The van der Waals surface area contributed by atoms with E-state index in [1.165, 1.54) is 35.1 Å². The number of hydrogen-bond acceptors (Lipinski definition) is 0. The predicted octanol–water partition coefficient (Wildman–Crippen LogP) is 5.10. The van der Waals surface area contributed by atoms with Crippen LogP contribution in [0.3, 0.4) is 0 Å². The van der Waals surface area contributed by atoms with Crippen LogP contribution in [0.25, 0.3) is 0 Å². The summed E-state index contributed by atoms with van der Waals surface area (Å²) < 4.78 is 0. The molecule has 2 aromatic carbocycles. The summed E-state index contributed by atoms with van der Waals surface area (Å²) in [6, 6.07) is 17.9. The van der Waals surface area contributed by atoms with Gasteiger partial charge in [0, 0.05) is 5.92 Å². The number of benzene rings is 2. The molecule has 0 fully saturated rings. The van der Waals surface area contributed by atoms with Crippen molar-refractivity contribution in [3.63, 3.8) is 0 Å². The molecule has 1 unspecified atom stereocenters. The van der Waals surface area contributed by atoms with Crippen molar-refractivity contribution in [1.82, 2.24) is 0 Å². The molecular formula is C18H22. The number of hydrogen-bond donors (Lipinski definition) is 0. The molecule has 0 spiro atoms. The van der Waals surface area contributed by atoms with Crippen LogP contribution in [0.5, 0.6) is 0 Å². The predicted molar refractivity (Wildman–Crippen MR) is 79.1 cm³/mol. The van der Waals surface area contributed by atoms with Gasteiger partial charge in [-0.25, -0.2) is 0 Å². The van der Waals surface area contributed by atoms with Crippen LogP contribution in [-0.4, -0.2) is 0 Å². The summed E-state index contributed by atoms with van der Waals surface area (Å²) in [4.78, 5) is 0. The molecule has 0 N–H and O–H groups in total. The Morgan fingerprint density at radius 2 is 1.33 bits per heavy atom. The highest BCUT2D eigenvalue weighted by Crippen LogP contribution is 2.24. The first kappa shape index (κ1) is 12.9. The molecule has 2 aromatic rings. The Labute approximate surface area is 111 Å². The molecule has 1 atom stereocenters. The van der Waals surface area contributed by atoms with Gasteiger partial charge in [-0.3, -0.25) is 0 Å². The standard InChI is InChI=1S/C18H22/c1-4-5-16-8-12-18(13-9-16)15(3)17-10-6-14(2)7-11-17/h6-13,15H,4-5H2,1-3H3. The van der Waals surface area contributed by atoms with Gasteiger partial charge in [0.1, 0.15) is 0 Å². The Hall–Kier alpha value is -1.56. The van der Waals surface area contributed by atoms with E-state index in [9.17, 15) is 0 Å². The maximum atomic E-state index is 2.28. The second-order valence-electron chi connectivity index (χ2n) is 5.12. The smallest absolute Gasteiger partial charge is 0.00610 e. The van der Waals surface area contributed by atoms with E-state index in [0.29, 0.717) is 5.92 Å². The van der Waals surface area contributed by atoms with E-state index in [-0.39, 0.29) is 0 Å². The highest BCUT2D eigenvalue weighted by molar-refractivity contribution is 5.34. The summed E-state index contributed by atoms with van der Waals surface area (Å²) in [6.45, 7) is 6.64. The molecule has 0 nitrogen and oxygen atoms in total. The van der Waals surface area contributed by atoms with Gasteiger partial charge < -0.3 is 0 Å². The van der Waals surface area contributed by atoms with Gasteiger partial charge in [-0.1, -0.05) is 74.4 Å². The van der Waals surface area contributed by atoms with Crippen LogP contribution in [-0.2, 0) is 6.42 Å². The lowest BCUT2D eigenvalue weighted by molar-refractivity contribution is 0.901. The fourth-order valence-corrected chi connectivity index (χ4v) is 2.31. The van der Waals surface area contributed by atoms with Gasteiger partial charge in [0.2, 0.25) is 0 Å². The van der Waals surface area contributed by atoms with Gasteiger partial charge in [0.25, 0.3) is 0 Å². The highest BCUT2D eigenvalue weighted by atomic mass is 14.1. The second-order valence-corrected chi connectivity index (χ2v) is 5.12. The van der Waals surface area contributed by atoms with Crippen molar-refractivity contribution in [2.24, 2.45) is 0 Å². The van der Waals surface area contributed by atoms with Crippen molar-refractivity contribution in [2.75, 3.05) is 0 Å². The monoisotopic (exact) mass is 238 g/mol. The lowest BCUT2D eigenvalue weighted by Gasteiger charge is -2.13. The van der Waals surface area contributed by atoms with E-state index in [2.05, 4.69) is 69.3 Å². The van der Waals surface area contributed by atoms with Gasteiger partial charge in [-0.2, -0.15) is 0 Å². The molecule has 0 aliphatic carbocycles. The van der Waals surface area contributed by atoms with E-state index in [4.69, 9.17) is 0 Å². The molecular weight excluding hydrogens is 216 g/mol. The first-order valence-corrected chi connectivity index (χ1v) is 6.86. The molecule has 0 saturated heterocycles. The van der Waals surface area contributed by atoms with E-state index in [0.717, 1.165) is 0 Å². The van der Waals surface area contributed by atoms with Crippen LogP contribution < -0.4 is 0 Å². The van der Waals surface area contributed by atoms with Crippen molar-refractivity contribution in [3.8, 4) is 0 Å². The fraction of sp³-hybridized carbons (Fsp3) is 0.333. The van der Waals surface area contributed by atoms with E-state index in [1.807, 2.05) is 0 Å². The van der Waals surface area contributed by atoms with Crippen LogP contribution in [0.4, 0.5) is 0 Å². The van der Waals surface area contributed by atoms with E-state index >= 15 is 0 Å². The third-order valence-electron chi connectivity index (χ3n) is 3.60. The average Bonchev–Trinajstić information content (AvgIpc) is 2.40. The van der Waals surface area contributed by atoms with Crippen LogP contribution >= 0.6 is 0 Å². The topological polar surface area (TPSA) is 0 Å². The van der Waals surface area contributed by atoms with Crippen LogP contribution in [0.15, 0.2) is 48.5 Å². The zero-order valence-electron chi connectivity index (χ0n) is 11.6. The van der Waals surface area contributed by atoms with Gasteiger partial charge in [0.15, 0.2) is 0 Å². The molecule has 0 saturated carbocycles. The lowest BCUT2D eigenvalue weighted by Crippen LogP contribution is -1.96. The normalized spacial score (nSPS) is 12.4. The second kappa shape index (κ2) is 5.86. The highest BCUT2D eigenvalue weighted by Gasteiger charge is 2.07. The summed E-state index contributed by atoms with van der Waals surface area (Å²) in [7, 11) is 0. The maximum Gasteiger partial charge on any atom is 0.00610 e. The average molecular weight is 238 g/mol. The first-order valence-electron chi connectivity index (χ1n) is 6.86. The minimum Gasteiger partial charge on any atom is -0.0651 e. The summed E-state index contributed by atoms with van der Waals surface area (Å²) in [5.41, 5.74) is 5.56. The fourth-order valence-electron chi connectivity index (χ4n) is 2.31. The summed E-state index contributed by atoms with van der Waals surface area (Å²) in [5.74, 6) is 0.473. The Morgan fingerprint density at radius 3 is 1.83 bits per heavy atom. The van der Waals surface area contributed by atoms with E-state index in [1.54, 1.807) is 0 Å². The molecule has 0 heteroatoms. The molecule has 0 radical (unpaired) electrons. The van der Waals surface area contributed by atoms with Gasteiger partial charge in [-0.15, -0.1) is 0 Å². The third-order valence-corrected chi connectivity index (χ3v) is 3.60. The van der Waals surface area contributed by atoms with Gasteiger partial charge in [0.05, 0.1) is 0 Å². The van der Waals surface area contributed by atoms with E-state index < -0.39 is 0 Å². The largest absolute Gasteiger partial charge is 0.0651 e. The van der Waals surface area contributed by atoms with Crippen LogP contribution in [0, 0.1) is 6.92 Å². The zero-order chi connectivity index (χ0) is 13.0. The minimum atomic E-state index is 0.473. The molecule has 0 amide bonds. The van der Waals surface area contributed by atoms with Crippen molar-refractivity contribution < 1.29 is 0 Å². The van der Waals surface area contributed by atoms with Crippen molar-refractivity contribution in [2.45, 2.75) is 39.5 Å². The lowest BCUT2D eigenvalue weighted by atomic mass is 9.92. The van der Waals surface area contributed by atoms with Crippen molar-refractivity contribution in [3.05, 3.63) is 70.8 Å². The number of rotatable bonds is 4. The van der Waals surface area contributed by atoms with Crippen molar-refractivity contribution >= 4 is 0 Å². The summed E-state index contributed by atoms with van der Waals surface area (Å²) >= 11 is 0. The molecule has 0 heterocycles. The van der Waals surface area contributed by atoms with Crippen LogP contribution in [0.2, 0.25) is 0 Å². The Kier molecular flexibility index (Phi) is 4.19. The molecule has 2 rings (SSSR count). The van der Waals surface area contributed by atoms with Crippen LogP contribution in [0.1, 0.15) is 48.4 Å². The van der Waals surface area contributed by atoms with Crippen molar-refractivity contribution in [1.29, 1.82) is 0 Å². The number of aryl methyl sites for hydroxylation is 2. The molecule has 94 valence electrons. The molecule has 0 bridgehead atoms. The summed E-state index contributed by atoms with van der Waals surface area (Å²) in [5, 5.41) is 0. The third kappa shape index (κ3) is 3.01. The minimum absolute atomic E-state index is 0.473. The Morgan fingerprint density at radius 1 is 0.833 bits per heavy atom. The molecule has 0 aliphatic heterocycles. The first-order chi connectivity index (χ1) is 8.70. The zero-order valence-corrected chi connectivity index (χ0v) is 11.6. The molecule has 0 aliphatic rings. The van der Waals surface area contributed by atoms with Gasteiger partial charge >= 0.3 is 0 Å².